The van der Waals surface area contributed by atoms with E-state index in [0.29, 0.717) is 11.8 Å². The molecule has 6 aromatic carbocycles. The lowest BCUT2D eigenvalue weighted by atomic mass is 9.49. The third kappa shape index (κ3) is 3.86. The minimum atomic E-state index is -0.189. The molecule has 4 aliphatic carbocycles. The molecule has 2 heteroatoms. The average Bonchev–Trinajstić information content (AvgIpc) is 3.77. The Morgan fingerprint density at radius 2 is 1.13 bits per heavy atom. The minimum Gasteiger partial charge on any atom is -0.454 e. The molecule has 1 spiro atoms. The highest BCUT2D eigenvalue weighted by molar-refractivity contribution is 6.11. The molecule has 2 bridgehead atoms. The number of benzene rings is 6. The number of hydrogen-bond donors (Lipinski definition) is 0. The van der Waals surface area contributed by atoms with Gasteiger partial charge < -0.3 is 9.32 Å². The van der Waals surface area contributed by atoms with E-state index in [2.05, 4.69) is 160 Å². The number of nitrogens with zero attached hydrogens (tertiary/aromatic N) is 1. The second-order valence-corrected chi connectivity index (χ2v) is 17.1. The average molecular weight is 676 g/mol. The van der Waals surface area contributed by atoms with E-state index in [1.54, 1.807) is 5.56 Å². The molecule has 5 atom stereocenters. The zero-order chi connectivity index (χ0) is 34.9. The first-order valence-corrected chi connectivity index (χ1v) is 19.5. The third-order valence-corrected chi connectivity index (χ3v) is 13.9. The standard InChI is InChI=1S/C50H45NO/c1-30-26-32-28-31(2)50(33(27-30)29-32)41-21-9-6-15-35(41)38-18-12-23-43(47(38)50)51(44-24-13-19-39-36-16-7-10-25-45(36)52-48(39)44)42-22-11-17-37-34-14-5-8-20-40(34)49(3,4)46(37)42/h5-25,30-33H,26-29H2,1-4H3. The van der Waals surface area contributed by atoms with Crippen molar-refractivity contribution in [3.8, 4) is 22.3 Å². The number of rotatable bonds is 3. The Morgan fingerprint density at radius 3 is 1.94 bits per heavy atom. The van der Waals surface area contributed by atoms with Gasteiger partial charge >= 0.3 is 0 Å². The van der Waals surface area contributed by atoms with Gasteiger partial charge in [0.1, 0.15) is 5.58 Å². The normalized spacial score (nSPS) is 24.8. The number of hydrogen-bond acceptors (Lipinski definition) is 2. The molecule has 52 heavy (non-hydrogen) atoms. The molecule has 5 unspecified atom stereocenters. The fraction of sp³-hybridized carbons (Fsp3) is 0.280. The predicted molar refractivity (Wildman–Crippen MR) is 216 cm³/mol. The van der Waals surface area contributed by atoms with E-state index in [1.807, 2.05) is 0 Å². The Labute approximate surface area is 307 Å². The molecule has 0 aliphatic heterocycles. The Bertz CT molecular complexity index is 2580. The highest BCUT2D eigenvalue weighted by atomic mass is 16.3. The summed E-state index contributed by atoms with van der Waals surface area (Å²) >= 11 is 0. The van der Waals surface area contributed by atoms with Crippen LogP contribution in [0.2, 0.25) is 0 Å². The van der Waals surface area contributed by atoms with E-state index in [1.165, 1.54) is 76.0 Å². The lowest BCUT2D eigenvalue weighted by Gasteiger charge is -2.55. The molecule has 0 saturated heterocycles. The summed E-state index contributed by atoms with van der Waals surface area (Å²) in [4.78, 5) is 2.63. The third-order valence-electron chi connectivity index (χ3n) is 13.9. The molecule has 11 rings (SSSR count). The summed E-state index contributed by atoms with van der Waals surface area (Å²) in [5.41, 5.74) is 16.6. The first-order chi connectivity index (χ1) is 25.4. The summed E-state index contributed by atoms with van der Waals surface area (Å²) < 4.78 is 6.92. The van der Waals surface area contributed by atoms with Crippen LogP contribution in [0.1, 0.15) is 75.6 Å². The van der Waals surface area contributed by atoms with Gasteiger partial charge in [0, 0.05) is 21.6 Å². The fourth-order valence-corrected chi connectivity index (χ4v) is 12.2. The van der Waals surface area contributed by atoms with E-state index in [9.17, 15) is 0 Å². The molecule has 1 aromatic heterocycles. The molecule has 2 saturated carbocycles. The maximum absolute atomic E-state index is 6.92. The molecule has 7 aromatic rings. The second-order valence-electron chi connectivity index (χ2n) is 17.1. The van der Waals surface area contributed by atoms with Gasteiger partial charge in [-0.1, -0.05) is 131 Å². The van der Waals surface area contributed by atoms with Crippen molar-refractivity contribution < 1.29 is 4.42 Å². The summed E-state index contributed by atoms with van der Waals surface area (Å²) in [5.74, 6) is 2.68. The molecular formula is C50H45NO. The predicted octanol–water partition coefficient (Wildman–Crippen LogP) is 13.7. The van der Waals surface area contributed by atoms with E-state index >= 15 is 0 Å². The Hall–Kier alpha value is -5.08. The van der Waals surface area contributed by atoms with E-state index in [4.69, 9.17) is 4.42 Å². The van der Waals surface area contributed by atoms with Gasteiger partial charge in [-0.2, -0.15) is 0 Å². The van der Waals surface area contributed by atoms with Crippen molar-refractivity contribution in [3.63, 3.8) is 0 Å². The van der Waals surface area contributed by atoms with Crippen molar-refractivity contribution in [2.24, 2.45) is 23.7 Å². The molecule has 256 valence electrons. The van der Waals surface area contributed by atoms with Gasteiger partial charge in [0.25, 0.3) is 0 Å². The Balaban J connectivity index is 1.27. The molecule has 0 amide bonds. The van der Waals surface area contributed by atoms with Gasteiger partial charge in [-0.15, -0.1) is 0 Å². The monoisotopic (exact) mass is 675 g/mol. The van der Waals surface area contributed by atoms with Crippen molar-refractivity contribution in [3.05, 3.63) is 150 Å². The first kappa shape index (κ1) is 30.5. The molecule has 2 fully saturated rings. The van der Waals surface area contributed by atoms with Crippen LogP contribution in [0.25, 0.3) is 44.2 Å². The summed E-state index contributed by atoms with van der Waals surface area (Å²) in [7, 11) is 0. The zero-order valence-electron chi connectivity index (χ0n) is 30.6. The largest absolute Gasteiger partial charge is 0.454 e. The van der Waals surface area contributed by atoms with Gasteiger partial charge in [0.15, 0.2) is 5.58 Å². The number of para-hydroxylation sites is 2. The summed E-state index contributed by atoms with van der Waals surface area (Å²) in [6, 6.07) is 48.0. The molecule has 0 radical (unpaired) electrons. The molecular weight excluding hydrogens is 631 g/mol. The van der Waals surface area contributed by atoms with Crippen LogP contribution in [0.3, 0.4) is 0 Å². The lowest BCUT2D eigenvalue weighted by molar-refractivity contribution is 0.0429. The highest BCUT2D eigenvalue weighted by Crippen LogP contribution is 2.67. The molecule has 2 nitrogen and oxygen atoms in total. The van der Waals surface area contributed by atoms with Gasteiger partial charge in [0.2, 0.25) is 0 Å². The highest BCUT2D eigenvalue weighted by Gasteiger charge is 2.58. The molecule has 0 N–H and O–H groups in total. The van der Waals surface area contributed by atoms with Crippen molar-refractivity contribution >= 4 is 39.0 Å². The quantitative estimate of drug-likeness (QED) is 0.185. The number of anilines is 3. The maximum Gasteiger partial charge on any atom is 0.159 e. The Morgan fingerprint density at radius 1 is 0.538 bits per heavy atom. The summed E-state index contributed by atoms with van der Waals surface area (Å²) in [6.45, 7) is 9.93. The molecule has 4 aliphatic rings. The van der Waals surface area contributed by atoms with Crippen LogP contribution in [0, 0.1) is 23.7 Å². The van der Waals surface area contributed by atoms with Crippen LogP contribution in [0.5, 0.6) is 0 Å². The van der Waals surface area contributed by atoms with Crippen LogP contribution in [0.4, 0.5) is 17.1 Å². The van der Waals surface area contributed by atoms with Crippen molar-refractivity contribution in [1.29, 1.82) is 0 Å². The summed E-state index contributed by atoms with van der Waals surface area (Å²) in [5, 5.41) is 2.32. The molecule has 1 heterocycles. The van der Waals surface area contributed by atoms with Crippen LogP contribution >= 0.6 is 0 Å². The number of fused-ring (bicyclic) bond motifs is 14. The van der Waals surface area contributed by atoms with Crippen molar-refractivity contribution in [2.75, 3.05) is 4.90 Å². The van der Waals surface area contributed by atoms with Crippen LogP contribution in [0.15, 0.2) is 132 Å². The fourth-order valence-electron chi connectivity index (χ4n) is 12.2. The zero-order valence-corrected chi connectivity index (χ0v) is 30.6. The maximum atomic E-state index is 6.92. The van der Waals surface area contributed by atoms with Gasteiger partial charge in [-0.3, -0.25) is 0 Å². The van der Waals surface area contributed by atoms with Gasteiger partial charge in [0.05, 0.1) is 17.1 Å². The van der Waals surface area contributed by atoms with Crippen LogP contribution < -0.4 is 4.90 Å². The van der Waals surface area contributed by atoms with E-state index < -0.39 is 0 Å². The smallest absolute Gasteiger partial charge is 0.159 e. The van der Waals surface area contributed by atoms with E-state index in [0.717, 1.165) is 39.5 Å². The minimum absolute atomic E-state index is 0.0653. The van der Waals surface area contributed by atoms with Gasteiger partial charge in [-0.05, 0) is 118 Å². The first-order valence-electron chi connectivity index (χ1n) is 19.5. The van der Waals surface area contributed by atoms with Crippen molar-refractivity contribution in [2.45, 2.75) is 64.2 Å². The number of furan rings is 1. The van der Waals surface area contributed by atoms with Gasteiger partial charge in [-0.25, -0.2) is 0 Å². The van der Waals surface area contributed by atoms with Crippen LogP contribution in [-0.4, -0.2) is 0 Å². The second kappa shape index (κ2) is 10.7. The van der Waals surface area contributed by atoms with Crippen molar-refractivity contribution in [1.82, 2.24) is 0 Å². The summed E-state index contributed by atoms with van der Waals surface area (Å²) in [6.07, 6.45) is 5.26. The van der Waals surface area contributed by atoms with Crippen LogP contribution in [-0.2, 0) is 10.8 Å². The lowest BCUT2D eigenvalue weighted by Crippen LogP contribution is -2.49. The van der Waals surface area contributed by atoms with E-state index in [-0.39, 0.29) is 10.8 Å². The topological polar surface area (TPSA) is 16.4 Å². The Kier molecular flexibility index (Phi) is 6.30. The SMILES string of the molecule is CC1CC2CC(C)C3(c4ccccc4-c4cccc(N(c5cccc6c5C(C)(C)c5ccccc5-6)c5cccc6c5oc5ccccc56)c43)C(C1)C2.